The van der Waals surface area contributed by atoms with Gasteiger partial charge in [0.2, 0.25) is 0 Å². The van der Waals surface area contributed by atoms with Crippen LogP contribution in [0.4, 0.5) is 0 Å². The molecule has 0 aliphatic heterocycles. The molecular weight excluding hydrogens is 348 g/mol. The monoisotopic (exact) mass is 398 g/mol. The van der Waals surface area contributed by atoms with E-state index < -0.39 is 0 Å². The molecule has 0 heterocycles. The Labute approximate surface area is 176 Å². The van der Waals surface area contributed by atoms with Crippen LogP contribution in [0.5, 0.6) is 0 Å². The van der Waals surface area contributed by atoms with E-state index >= 15 is 0 Å². The van der Waals surface area contributed by atoms with Crippen LogP contribution in [0.25, 0.3) is 0 Å². The van der Waals surface area contributed by atoms with Crippen molar-refractivity contribution in [3.05, 3.63) is 0 Å². The summed E-state index contributed by atoms with van der Waals surface area (Å²) in [5.74, 6) is -0.0784. The summed E-state index contributed by atoms with van der Waals surface area (Å²) in [5, 5.41) is 10.1. The second-order valence-electron chi connectivity index (χ2n) is 8.57. The van der Waals surface area contributed by atoms with Gasteiger partial charge in [-0.25, -0.2) is 0 Å². The Kier molecular flexibility index (Phi) is 22.3. The first-order valence-corrected chi connectivity index (χ1v) is 12.5. The molecule has 0 aromatic carbocycles. The number of esters is 1. The van der Waals surface area contributed by atoms with Crippen LogP contribution < -0.4 is 0 Å². The van der Waals surface area contributed by atoms with Crippen LogP contribution in [-0.4, -0.2) is 24.3 Å². The van der Waals surface area contributed by atoms with E-state index in [4.69, 9.17) is 0 Å². The summed E-state index contributed by atoms with van der Waals surface area (Å²) in [6, 6.07) is 0. The van der Waals surface area contributed by atoms with Crippen LogP contribution >= 0.6 is 0 Å². The molecule has 0 saturated carbocycles. The first-order chi connectivity index (χ1) is 13.7. The van der Waals surface area contributed by atoms with Crippen molar-refractivity contribution in [3.63, 3.8) is 0 Å². The van der Waals surface area contributed by atoms with Gasteiger partial charge in [-0.05, 0) is 19.3 Å². The van der Waals surface area contributed by atoms with Gasteiger partial charge in [-0.2, -0.15) is 0 Å². The van der Waals surface area contributed by atoms with Gasteiger partial charge in [-0.1, -0.05) is 116 Å². The van der Waals surface area contributed by atoms with Crippen molar-refractivity contribution in [2.24, 2.45) is 0 Å². The van der Waals surface area contributed by atoms with Crippen molar-refractivity contribution in [2.45, 2.75) is 148 Å². The van der Waals surface area contributed by atoms with Crippen molar-refractivity contribution in [3.8, 4) is 0 Å². The first kappa shape index (κ1) is 27.4. The van der Waals surface area contributed by atoms with Gasteiger partial charge in [0, 0.05) is 6.42 Å². The molecular formula is C25H50O3. The van der Waals surface area contributed by atoms with Gasteiger partial charge >= 0.3 is 5.97 Å². The maximum absolute atomic E-state index is 11.0. The lowest BCUT2D eigenvalue weighted by Crippen LogP contribution is -2.05. The zero-order valence-electron chi connectivity index (χ0n) is 19.2. The van der Waals surface area contributed by atoms with E-state index in [0.717, 1.165) is 25.7 Å². The Morgan fingerprint density at radius 3 is 1.39 bits per heavy atom. The predicted octanol–water partition coefficient (Wildman–Crippen LogP) is 7.73. The number of unbranched alkanes of at least 4 members (excludes halogenated alkanes) is 16. The van der Waals surface area contributed by atoms with Crippen LogP contribution in [0.1, 0.15) is 142 Å². The van der Waals surface area contributed by atoms with E-state index in [1.165, 1.54) is 110 Å². The minimum Gasteiger partial charge on any atom is -0.469 e. The average Bonchev–Trinajstić information content (AvgIpc) is 2.70. The number of hydrogen-bond donors (Lipinski definition) is 1. The molecule has 1 unspecified atom stereocenters. The topological polar surface area (TPSA) is 46.5 Å². The number of methoxy groups -OCH3 is 1. The van der Waals surface area contributed by atoms with Crippen LogP contribution in [0, 0.1) is 0 Å². The molecule has 28 heavy (non-hydrogen) atoms. The van der Waals surface area contributed by atoms with Gasteiger partial charge in [-0.3, -0.25) is 4.79 Å². The van der Waals surface area contributed by atoms with E-state index in [2.05, 4.69) is 11.7 Å². The molecule has 0 aromatic heterocycles. The number of rotatable bonds is 22. The Balaban J connectivity index is 3.15. The maximum atomic E-state index is 11.0. The summed E-state index contributed by atoms with van der Waals surface area (Å²) in [4.78, 5) is 11.0. The van der Waals surface area contributed by atoms with E-state index in [1.807, 2.05) is 0 Å². The standard InChI is InChI=1S/C25H50O3/c1-3-4-5-6-12-15-18-21-24(26)22-19-16-13-10-8-7-9-11-14-17-20-23-25(27)28-2/h24,26H,3-23H2,1-2H3. The largest absolute Gasteiger partial charge is 0.469 e. The number of ether oxygens (including phenoxy) is 1. The van der Waals surface area contributed by atoms with Gasteiger partial charge < -0.3 is 9.84 Å². The van der Waals surface area contributed by atoms with E-state index in [9.17, 15) is 9.90 Å². The van der Waals surface area contributed by atoms with Crippen LogP contribution in [0.3, 0.4) is 0 Å². The molecule has 0 fully saturated rings. The third kappa shape index (κ3) is 21.7. The van der Waals surface area contributed by atoms with Gasteiger partial charge in [0.1, 0.15) is 0 Å². The number of carbonyl (C=O) groups is 1. The Morgan fingerprint density at radius 2 is 1.00 bits per heavy atom. The van der Waals surface area contributed by atoms with Crippen molar-refractivity contribution in [2.75, 3.05) is 7.11 Å². The molecule has 0 aromatic rings. The normalized spacial score (nSPS) is 12.2. The van der Waals surface area contributed by atoms with Crippen LogP contribution in [0.2, 0.25) is 0 Å². The molecule has 1 atom stereocenters. The SMILES string of the molecule is CCCCCCCCCC(O)CCCCCCCCCCCCCC(=O)OC. The Hall–Kier alpha value is -0.570. The molecule has 3 heteroatoms. The lowest BCUT2D eigenvalue weighted by Gasteiger charge is -2.10. The van der Waals surface area contributed by atoms with E-state index in [1.54, 1.807) is 0 Å². The van der Waals surface area contributed by atoms with E-state index in [0.29, 0.717) is 6.42 Å². The average molecular weight is 399 g/mol. The van der Waals surface area contributed by atoms with Gasteiger partial charge in [-0.15, -0.1) is 0 Å². The van der Waals surface area contributed by atoms with Crippen molar-refractivity contribution < 1.29 is 14.6 Å². The summed E-state index contributed by atoms with van der Waals surface area (Å²) in [5.41, 5.74) is 0. The molecule has 0 aliphatic rings. The fraction of sp³-hybridized carbons (Fsp3) is 0.960. The predicted molar refractivity (Wildman–Crippen MR) is 121 cm³/mol. The third-order valence-corrected chi connectivity index (χ3v) is 5.79. The van der Waals surface area contributed by atoms with Gasteiger partial charge in [0.05, 0.1) is 13.2 Å². The number of carbonyl (C=O) groups excluding carboxylic acids is 1. The summed E-state index contributed by atoms with van der Waals surface area (Å²) >= 11 is 0. The summed E-state index contributed by atoms with van der Waals surface area (Å²) < 4.78 is 4.65. The molecule has 0 saturated heterocycles. The molecule has 3 nitrogen and oxygen atoms in total. The van der Waals surface area contributed by atoms with E-state index in [-0.39, 0.29) is 12.1 Å². The fourth-order valence-corrected chi connectivity index (χ4v) is 3.82. The second-order valence-corrected chi connectivity index (χ2v) is 8.57. The van der Waals surface area contributed by atoms with Crippen molar-refractivity contribution >= 4 is 5.97 Å². The van der Waals surface area contributed by atoms with Crippen LogP contribution in [-0.2, 0) is 9.53 Å². The third-order valence-electron chi connectivity index (χ3n) is 5.79. The molecule has 0 bridgehead atoms. The fourth-order valence-electron chi connectivity index (χ4n) is 3.82. The summed E-state index contributed by atoms with van der Waals surface area (Å²) in [7, 11) is 1.46. The number of aliphatic hydroxyl groups is 1. The highest BCUT2D eigenvalue weighted by Gasteiger charge is 2.04. The number of aliphatic hydroxyl groups excluding tert-OH is 1. The molecule has 0 aliphatic carbocycles. The molecule has 0 spiro atoms. The van der Waals surface area contributed by atoms with Gasteiger partial charge in [0.25, 0.3) is 0 Å². The van der Waals surface area contributed by atoms with Crippen molar-refractivity contribution in [1.29, 1.82) is 0 Å². The molecule has 0 radical (unpaired) electrons. The molecule has 0 rings (SSSR count). The van der Waals surface area contributed by atoms with Crippen molar-refractivity contribution in [1.82, 2.24) is 0 Å². The van der Waals surface area contributed by atoms with Crippen LogP contribution in [0.15, 0.2) is 0 Å². The number of hydrogen-bond acceptors (Lipinski definition) is 3. The molecule has 168 valence electrons. The maximum Gasteiger partial charge on any atom is 0.305 e. The van der Waals surface area contributed by atoms with Gasteiger partial charge in [0.15, 0.2) is 0 Å². The lowest BCUT2D eigenvalue weighted by atomic mass is 10.0. The zero-order valence-corrected chi connectivity index (χ0v) is 19.2. The second kappa shape index (κ2) is 22.7. The first-order valence-electron chi connectivity index (χ1n) is 12.5. The quantitative estimate of drug-likeness (QED) is 0.150. The minimum absolute atomic E-state index is 0.0603. The molecule has 1 N–H and O–H groups in total. The highest BCUT2D eigenvalue weighted by molar-refractivity contribution is 5.68. The Bertz CT molecular complexity index is 317. The summed E-state index contributed by atoms with van der Waals surface area (Å²) in [6.45, 7) is 2.26. The smallest absolute Gasteiger partial charge is 0.305 e. The summed E-state index contributed by atoms with van der Waals surface area (Å²) in [6.07, 6.45) is 25.6. The highest BCUT2D eigenvalue weighted by atomic mass is 16.5. The lowest BCUT2D eigenvalue weighted by molar-refractivity contribution is -0.140. The highest BCUT2D eigenvalue weighted by Crippen LogP contribution is 2.15. The zero-order chi connectivity index (χ0) is 20.7. The Morgan fingerprint density at radius 1 is 0.643 bits per heavy atom. The minimum atomic E-state index is -0.0784. The molecule has 0 amide bonds.